The average Bonchev–Trinajstić information content (AvgIpc) is 2.37. The highest BCUT2D eigenvalue weighted by Gasteiger charge is 2.02. The van der Waals surface area contributed by atoms with E-state index in [1.165, 1.54) is 5.56 Å². The van der Waals surface area contributed by atoms with Gasteiger partial charge in [-0.3, -0.25) is 0 Å². The van der Waals surface area contributed by atoms with Crippen molar-refractivity contribution in [1.29, 1.82) is 0 Å². The molecule has 0 atom stereocenters. The monoisotopic (exact) mass is 282 g/mol. The summed E-state index contributed by atoms with van der Waals surface area (Å²) in [4.78, 5) is 11.6. The number of aliphatic hydroxyl groups is 1. The number of benzene rings is 1. The molecule has 0 aliphatic heterocycles. The molecule has 0 aliphatic rings. The van der Waals surface area contributed by atoms with Gasteiger partial charge in [-0.15, -0.1) is 0 Å². The van der Waals surface area contributed by atoms with Gasteiger partial charge in [-0.1, -0.05) is 26.0 Å². The van der Waals surface area contributed by atoms with E-state index in [0.29, 0.717) is 18.2 Å². The number of thioether (sulfide) groups is 1. The number of anilines is 1. The molecule has 0 aliphatic carbocycles. The normalized spacial score (nSPS) is 10.5. The minimum absolute atomic E-state index is 0.0855. The van der Waals surface area contributed by atoms with Gasteiger partial charge in [-0.25, -0.2) is 4.79 Å². The lowest BCUT2D eigenvalue weighted by molar-refractivity contribution is 0.249. The Balaban J connectivity index is 2.45. The zero-order valence-electron chi connectivity index (χ0n) is 11.5. The van der Waals surface area contributed by atoms with Gasteiger partial charge in [0.25, 0.3) is 0 Å². The van der Waals surface area contributed by atoms with Crippen LogP contribution in [-0.2, 0) is 5.75 Å². The first-order valence-electron chi connectivity index (χ1n) is 6.48. The van der Waals surface area contributed by atoms with Crippen LogP contribution in [0.25, 0.3) is 0 Å². The second kappa shape index (κ2) is 8.82. The first-order valence-corrected chi connectivity index (χ1v) is 7.53. The van der Waals surface area contributed by atoms with Gasteiger partial charge >= 0.3 is 6.03 Å². The smallest absolute Gasteiger partial charge is 0.319 e. The van der Waals surface area contributed by atoms with E-state index < -0.39 is 0 Å². The van der Waals surface area contributed by atoms with Crippen LogP contribution in [0.15, 0.2) is 24.3 Å². The molecule has 0 fully saturated rings. The van der Waals surface area contributed by atoms with E-state index >= 15 is 0 Å². The van der Waals surface area contributed by atoms with Crippen molar-refractivity contribution in [3.8, 4) is 0 Å². The SMILES string of the molecule is CC(C)SCc1cccc(NC(=O)NCCCO)c1. The number of carbonyl (C=O) groups is 1. The third-order valence-electron chi connectivity index (χ3n) is 2.39. The average molecular weight is 282 g/mol. The second-order valence-corrected chi connectivity index (χ2v) is 6.08. The van der Waals surface area contributed by atoms with Crippen LogP contribution in [0.5, 0.6) is 0 Å². The summed E-state index contributed by atoms with van der Waals surface area (Å²) < 4.78 is 0. The molecule has 0 spiro atoms. The predicted octanol–water partition coefficient (Wildman–Crippen LogP) is 2.83. The van der Waals surface area contributed by atoms with Crippen molar-refractivity contribution in [1.82, 2.24) is 5.32 Å². The number of urea groups is 1. The summed E-state index contributed by atoms with van der Waals surface area (Å²) in [6.07, 6.45) is 0.568. The van der Waals surface area contributed by atoms with Crippen LogP contribution in [-0.4, -0.2) is 29.5 Å². The van der Waals surface area contributed by atoms with Crippen molar-refractivity contribution in [3.05, 3.63) is 29.8 Å². The fourth-order valence-electron chi connectivity index (χ4n) is 1.46. The standard InChI is InChI=1S/C14H22N2O2S/c1-11(2)19-10-12-5-3-6-13(9-12)16-14(18)15-7-4-8-17/h3,5-6,9,11,17H,4,7-8,10H2,1-2H3,(H2,15,16,18). The minimum atomic E-state index is -0.234. The van der Waals surface area contributed by atoms with Crippen molar-refractivity contribution >= 4 is 23.5 Å². The summed E-state index contributed by atoms with van der Waals surface area (Å²) in [6, 6.07) is 7.63. The zero-order valence-corrected chi connectivity index (χ0v) is 12.3. The molecular weight excluding hydrogens is 260 g/mol. The Kier molecular flexibility index (Phi) is 7.36. The summed E-state index contributed by atoms with van der Waals surface area (Å²) in [7, 11) is 0. The number of amides is 2. The lowest BCUT2D eigenvalue weighted by Crippen LogP contribution is -2.29. The van der Waals surface area contributed by atoms with E-state index in [1.807, 2.05) is 30.0 Å². The Hall–Kier alpha value is -1.20. The molecule has 0 radical (unpaired) electrons. The largest absolute Gasteiger partial charge is 0.396 e. The van der Waals surface area contributed by atoms with Gasteiger partial charge in [0.05, 0.1) is 0 Å². The fourth-order valence-corrected chi connectivity index (χ4v) is 2.16. The van der Waals surface area contributed by atoms with Gasteiger partial charge in [0.1, 0.15) is 0 Å². The maximum absolute atomic E-state index is 11.6. The fraction of sp³-hybridized carbons (Fsp3) is 0.500. The lowest BCUT2D eigenvalue weighted by Gasteiger charge is -2.09. The molecular formula is C14H22N2O2S. The van der Waals surface area contributed by atoms with Gasteiger partial charge in [0, 0.05) is 24.6 Å². The van der Waals surface area contributed by atoms with Crippen molar-refractivity contribution in [2.24, 2.45) is 0 Å². The molecule has 3 N–H and O–H groups in total. The zero-order chi connectivity index (χ0) is 14.1. The van der Waals surface area contributed by atoms with Crippen LogP contribution >= 0.6 is 11.8 Å². The van der Waals surface area contributed by atoms with Crippen LogP contribution in [0.2, 0.25) is 0 Å². The third-order valence-corrected chi connectivity index (χ3v) is 3.56. The molecule has 106 valence electrons. The molecule has 0 saturated heterocycles. The van der Waals surface area contributed by atoms with Gasteiger partial charge in [0.15, 0.2) is 0 Å². The van der Waals surface area contributed by atoms with E-state index in [4.69, 9.17) is 5.11 Å². The van der Waals surface area contributed by atoms with Crippen LogP contribution < -0.4 is 10.6 Å². The second-order valence-electron chi connectivity index (χ2n) is 4.52. The van der Waals surface area contributed by atoms with E-state index in [-0.39, 0.29) is 12.6 Å². The predicted molar refractivity (Wildman–Crippen MR) is 81.6 cm³/mol. The van der Waals surface area contributed by atoms with Crippen LogP contribution in [0.4, 0.5) is 10.5 Å². The Labute approximate surface area is 119 Å². The molecule has 0 bridgehead atoms. The maximum Gasteiger partial charge on any atom is 0.319 e. The molecule has 1 aromatic carbocycles. The maximum atomic E-state index is 11.6. The van der Waals surface area contributed by atoms with Crippen molar-refractivity contribution in [2.75, 3.05) is 18.5 Å². The van der Waals surface area contributed by atoms with Gasteiger partial charge in [-0.2, -0.15) is 11.8 Å². The summed E-state index contributed by atoms with van der Waals surface area (Å²) >= 11 is 1.87. The van der Waals surface area contributed by atoms with Gasteiger partial charge < -0.3 is 15.7 Å². The molecule has 0 saturated carbocycles. The van der Waals surface area contributed by atoms with E-state index in [2.05, 4.69) is 30.5 Å². The Morgan fingerprint density at radius 3 is 2.89 bits per heavy atom. The number of rotatable bonds is 7. The third kappa shape index (κ3) is 7.08. The highest BCUT2D eigenvalue weighted by Crippen LogP contribution is 2.19. The van der Waals surface area contributed by atoms with Crippen molar-refractivity contribution < 1.29 is 9.90 Å². The van der Waals surface area contributed by atoms with E-state index in [9.17, 15) is 4.79 Å². The number of carbonyl (C=O) groups excluding carboxylic acids is 1. The molecule has 0 aromatic heterocycles. The number of hydrogen-bond donors (Lipinski definition) is 3. The molecule has 1 rings (SSSR count). The summed E-state index contributed by atoms with van der Waals surface area (Å²) in [5.74, 6) is 0.944. The highest BCUT2D eigenvalue weighted by atomic mass is 32.2. The Morgan fingerprint density at radius 1 is 1.42 bits per heavy atom. The van der Waals surface area contributed by atoms with E-state index in [0.717, 1.165) is 11.4 Å². The first-order chi connectivity index (χ1) is 9.11. The first kappa shape index (κ1) is 15.9. The molecule has 4 nitrogen and oxygen atoms in total. The Morgan fingerprint density at radius 2 is 2.21 bits per heavy atom. The molecule has 5 heteroatoms. The Bertz CT molecular complexity index is 397. The summed E-state index contributed by atoms with van der Waals surface area (Å²) in [5.41, 5.74) is 2.00. The summed E-state index contributed by atoms with van der Waals surface area (Å²) in [5, 5.41) is 14.7. The number of hydrogen-bond acceptors (Lipinski definition) is 3. The molecule has 2 amide bonds. The van der Waals surface area contributed by atoms with Crippen molar-refractivity contribution in [3.63, 3.8) is 0 Å². The van der Waals surface area contributed by atoms with E-state index in [1.54, 1.807) is 0 Å². The molecule has 0 unspecified atom stereocenters. The molecule has 1 aromatic rings. The summed E-state index contributed by atoms with van der Waals surface area (Å²) in [6.45, 7) is 4.90. The quantitative estimate of drug-likeness (QED) is 0.674. The van der Waals surface area contributed by atoms with Crippen molar-refractivity contribution in [2.45, 2.75) is 31.3 Å². The molecule has 19 heavy (non-hydrogen) atoms. The van der Waals surface area contributed by atoms with Gasteiger partial charge in [0.2, 0.25) is 0 Å². The van der Waals surface area contributed by atoms with Crippen LogP contribution in [0, 0.1) is 0 Å². The highest BCUT2D eigenvalue weighted by molar-refractivity contribution is 7.99. The lowest BCUT2D eigenvalue weighted by atomic mass is 10.2. The van der Waals surface area contributed by atoms with Gasteiger partial charge in [-0.05, 0) is 29.4 Å². The van der Waals surface area contributed by atoms with Crippen LogP contribution in [0.3, 0.4) is 0 Å². The minimum Gasteiger partial charge on any atom is -0.396 e. The number of aliphatic hydroxyl groups excluding tert-OH is 1. The topological polar surface area (TPSA) is 61.4 Å². The number of nitrogens with one attached hydrogen (secondary N) is 2. The molecule has 0 heterocycles. The van der Waals surface area contributed by atoms with Crippen LogP contribution in [0.1, 0.15) is 25.8 Å².